The van der Waals surface area contributed by atoms with Gasteiger partial charge < -0.3 is 24.5 Å². The minimum Gasteiger partial charge on any atom is -0.495 e. The van der Waals surface area contributed by atoms with Crippen molar-refractivity contribution in [2.75, 3.05) is 38.8 Å². The standard InChI is InChI=1S/C23H28F3N5O3/c1-4-15-13-33-11-10-31(15)19(23(24,25)26)14-6-7-17(18(12-14)32-3)28-22-29-20-16(8-9-27-20)21(30-22)34-5-2/h6-9,12,15,19H,4-5,10-11,13H2,1-3H3,(H2,27,28,29,30). The van der Waals surface area contributed by atoms with Crippen LogP contribution in [0.2, 0.25) is 0 Å². The smallest absolute Gasteiger partial charge is 0.408 e. The van der Waals surface area contributed by atoms with Gasteiger partial charge in [0.05, 0.1) is 38.0 Å². The van der Waals surface area contributed by atoms with Crippen molar-refractivity contribution in [3.63, 3.8) is 0 Å². The van der Waals surface area contributed by atoms with Gasteiger partial charge in [-0.25, -0.2) is 0 Å². The van der Waals surface area contributed by atoms with E-state index in [0.717, 1.165) is 5.39 Å². The van der Waals surface area contributed by atoms with E-state index in [1.165, 1.54) is 24.1 Å². The lowest BCUT2D eigenvalue weighted by molar-refractivity contribution is -0.204. The zero-order chi connectivity index (χ0) is 24.3. The molecular weight excluding hydrogens is 451 g/mol. The second kappa shape index (κ2) is 10.1. The molecule has 8 nitrogen and oxygen atoms in total. The molecule has 0 aliphatic carbocycles. The van der Waals surface area contributed by atoms with Crippen LogP contribution in [0.25, 0.3) is 11.0 Å². The van der Waals surface area contributed by atoms with Gasteiger partial charge in [-0.2, -0.15) is 23.1 Å². The fourth-order valence-electron chi connectivity index (χ4n) is 4.25. The van der Waals surface area contributed by atoms with Crippen molar-refractivity contribution < 1.29 is 27.4 Å². The maximum Gasteiger partial charge on any atom is 0.408 e. The SMILES string of the molecule is CCOc1nc(Nc2ccc(C(N3CCOCC3CC)C(F)(F)F)cc2OC)nc2[nH]ccc12. The van der Waals surface area contributed by atoms with Crippen molar-refractivity contribution in [1.82, 2.24) is 19.9 Å². The lowest BCUT2D eigenvalue weighted by Crippen LogP contribution is -2.50. The van der Waals surface area contributed by atoms with E-state index in [0.29, 0.717) is 30.2 Å². The molecule has 2 aromatic heterocycles. The molecule has 1 aromatic carbocycles. The third-order valence-electron chi connectivity index (χ3n) is 5.84. The van der Waals surface area contributed by atoms with E-state index in [4.69, 9.17) is 14.2 Å². The molecule has 3 heterocycles. The Morgan fingerprint density at radius 2 is 2.09 bits per heavy atom. The molecule has 1 aliphatic rings. The Morgan fingerprint density at radius 3 is 2.79 bits per heavy atom. The second-order valence-electron chi connectivity index (χ2n) is 7.93. The topological polar surface area (TPSA) is 84.5 Å². The monoisotopic (exact) mass is 479 g/mol. The van der Waals surface area contributed by atoms with Crippen molar-refractivity contribution in [2.45, 2.75) is 38.5 Å². The van der Waals surface area contributed by atoms with E-state index in [1.807, 2.05) is 19.9 Å². The van der Waals surface area contributed by atoms with Crippen LogP contribution in [-0.2, 0) is 4.74 Å². The zero-order valence-electron chi connectivity index (χ0n) is 19.3. The number of alkyl halides is 3. The summed E-state index contributed by atoms with van der Waals surface area (Å²) in [4.78, 5) is 13.3. The Labute approximate surface area is 195 Å². The van der Waals surface area contributed by atoms with Gasteiger partial charge in [-0.05, 0) is 37.1 Å². The molecule has 2 unspecified atom stereocenters. The van der Waals surface area contributed by atoms with E-state index >= 15 is 0 Å². The molecule has 3 aromatic rings. The molecule has 2 N–H and O–H groups in total. The first-order valence-electron chi connectivity index (χ1n) is 11.2. The van der Waals surface area contributed by atoms with Gasteiger partial charge in [-0.3, -0.25) is 4.90 Å². The maximum absolute atomic E-state index is 14.2. The molecule has 4 rings (SSSR count). The number of nitrogens with zero attached hydrogens (tertiary/aromatic N) is 3. The lowest BCUT2D eigenvalue weighted by Gasteiger charge is -2.41. The van der Waals surface area contributed by atoms with Gasteiger partial charge in [0.15, 0.2) is 0 Å². The van der Waals surface area contributed by atoms with Crippen molar-refractivity contribution in [3.8, 4) is 11.6 Å². The molecular formula is C23H28F3N5O3. The molecule has 0 saturated carbocycles. The van der Waals surface area contributed by atoms with Gasteiger partial charge in [0.25, 0.3) is 0 Å². The third kappa shape index (κ3) is 4.90. The normalized spacial score (nSPS) is 18.1. The first-order chi connectivity index (χ1) is 16.4. The number of H-pyrrole nitrogens is 1. The Bertz CT molecular complexity index is 1120. The first-order valence-corrected chi connectivity index (χ1v) is 11.2. The Hall–Kier alpha value is -3.05. The number of rotatable bonds is 8. The highest BCUT2D eigenvalue weighted by atomic mass is 19.4. The van der Waals surface area contributed by atoms with Crippen LogP contribution in [-0.4, -0.2) is 65.5 Å². The van der Waals surface area contributed by atoms with E-state index in [1.54, 1.807) is 12.3 Å². The molecule has 0 amide bonds. The van der Waals surface area contributed by atoms with E-state index in [-0.39, 0.29) is 43.1 Å². The summed E-state index contributed by atoms with van der Waals surface area (Å²) < 4.78 is 59.2. The summed E-state index contributed by atoms with van der Waals surface area (Å²) >= 11 is 0. The number of benzene rings is 1. The van der Waals surface area contributed by atoms with Crippen molar-refractivity contribution in [1.29, 1.82) is 0 Å². The van der Waals surface area contributed by atoms with Gasteiger partial charge in [0.2, 0.25) is 11.8 Å². The van der Waals surface area contributed by atoms with Crippen LogP contribution in [0.3, 0.4) is 0 Å². The van der Waals surface area contributed by atoms with E-state index < -0.39 is 12.2 Å². The molecule has 34 heavy (non-hydrogen) atoms. The number of aromatic nitrogens is 3. The number of morpholine rings is 1. The summed E-state index contributed by atoms with van der Waals surface area (Å²) in [6, 6.07) is 4.16. The van der Waals surface area contributed by atoms with Crippen LogP contribution in [0.1, 0.15) is 31.9 Å². The van der Waals surface area contributed by atoms with Crippen LogP contribution in [0.15, 0.2) is 30.5 Å². The zero-order valence-corrected chi connectivity index (χ0v) is 19.3. The molecule has 2 atom stereocenters. The number of ether oxygens (including phenoxy) is 3. The minimum absolute atomic E-state index is 0.103. The van der Waals surface area contributed by atoms with Gasteiger partial charge >= 0.3 is 6.18 Å². The van der Waals surface area contributed by atoms with Crippen LogP contribution in [0, 0.1) is 0 Å². The fourth-order valence-corrected chi connectivity index (χ4v) is 4.25. The third-order valence-corrected chi connectivity index (χ3v) is 5.84. The first kappa shape index (κ1) is 24.1. The molecule has 184 valence electrons. The number of hydrogen-bond acceptors (Lipinski definition) is 7. The largest absolute Gasteiger partial charge is 0.495 e. The molecule has 0 radical (unpaired) electrons. The van der Waals surface area contributed by atoms with Gasteiger partial charge in [0, 0.05) is 18.8 Å². The number of fused-ring (bicyclic) bond motifs is 1. The number of nitrogens with one attached hydrogen (secondary N) is 2. The number of methoxy groups -OCH3 is 1. The van der Waals surface area contributed by atoms with Crippen LogP contribution in [0.4, 0.5) is 24.8 Å². The number of anilines is 2. The summed E-state index contributed by atoms with van der Waals surface area (Å²) in [5.74, 6) is 0.888. The van der Waals surface area contributed by atoms with Crippen LogP contribution >= 0.6 is 0 Å². The van der Waals surface area contributed by atoms with Crippen molar-refractivity contribution >= 4 is 22.7 Å². The van der Waals surface area contributed by atoms with Crippen LogP contribution in [0.5, 0.6) is 11.6 Å². The maximum atomic E-state index is 14.2. The van der Waals surface area contributed by atoms with Crippen molar-refractivity contribution in [3.05, 3.63) is 36.0 Å². The second-order valence-corrected chi connectivity index (χ2v) is 7.93. The quantitative estimate of drug-likeness (QED) is 0.479. The van der Waals surface area contributed by atoms with Crippen LogP contribution < -0.4 is 14.8 Å². The Morgan fingerprint density at radius 1 is 1.26 bits per heavy atom. The molecule has 0 bridgehead atoms. The minimum atomic E-state index is -4.46. The summed E-state index contributed by atoms with van der Waals surface area (Å²) in [6.07, 6.45) is -2.17. The lowest BCUT2D eigenvalue weighted by atomic mass is 10.00. The van der Waals surface area contributed by atoms with Gasteiger partial charge in [0.1, 0.15) is 17.4 Å². The highest BCUT2D eigenvalue weighted by molar-refractivity contribution is 5.82. The predicted molar refractivity (Wildman–Crippen MR) is 122 cm³/mol. The average Bonchev–Trinajstić information content (AvgIpc) is 3.29. The molecule has 1 aliphatic heterocycles. The Balaban J connectivity index is 1.67. The summed E-state index contributed by atoms with van der Waals surface area (Å²) in [5.41, 5.74) is 1.12. The summed E-state index contributed by atoms with van der Waals surface area (Å²) in [6.45, 7) is 4.89. The number of aromatic amines is 1. The van der Waals surface area contributed by atoms with E-state index in [2.05, 4.69) is 20.3 Å². The fraction of sp³-hybridized carbons (Fsp3) is 0.478. The molecule has 1 fully saturated rings. The van der Waals surface area contributed by atoms with E-state index in [9.17, 15) is 13.2 Å². The highest BCUT2D eigenvalue weighted by Gasteiger charge is 2.47. The summed E-state index contributed by atoms with van der Waals surface area (Å²) in [5, 5.41) is 3.78. The number of halogens is 3. The highest BCUT2D eigenvalue weighted by Crippen LogP contribution is 2.42. The average molecular weight is 480 g/mol. The number of hydrogen-bond donors (Lipinski definition) is 2. The van der Waals surface area contributed by atoms with Gasteiger partial charge in [-0.15, -0.1) is 0 Å². The molecule has 0 spiro atoms. The molecule has 11 heteroatoms. The van der Waals surface area contributed by atoms with Gasteiger partial charge in [-0.1, -0.05) is 13.0 Å². The summed E-state index contributed by atoms with van der Waals surface area (Å²) in [7, 11) is 1.41. The Kier molecular flexibility index (Phi) is 7.13. The predicted octanol–water partition coefficient (Wildman–Crippen LogP) is 4.82. The van der Waals surface area contributed by atoms with Crippen molar-refractivity contribution in [2.24, 2.45) is 0 Å². The molecule has 1 saturated heterocycles.